The first-order chi connectivity index (χ1) is 7.72. The van der Waals surface area contributed by atoms with Crippen molar-refractivity contribution in [1.29, 1.82) is 0 Å². The summed E-state index contributed by atoms with van der Waals surface area (Å²) in [4.78, 5) is 18.0. The van der Waals surface area contributed by atoms with Gasteiger partial charge in [-0.2, -0.15) is 0 Å². The van der Waals surface area contributed by atoms with Crippen LogP contribution in [0.1, 0.15) is 24.8 Å². The number of aromatic nitrogens is 1. The Labute approximate surface area is 124 Å². The molecular formula is C12H15Cl3N2O. The van der Waals surface area contributed by atoms with Crippen LogP contribution in [0.2, 0.25) is 0 Å². The molecule has 1 saturated heterocycles. The Hall–Kier alpha value is -0.510. The zero-order valence-corrected chi connectivity index (χ0v) is 12.2. The molecule has 2 fully saturated rings. The van der Waals surface area contributed by atoms with Crippen LogP contribution in [0.3, 0.4) is 0 Å². The number of carbonyl (C=O) groups is 1. The van der Waals surface area contributed by atoms with Gasteiger partial charge in [0.25, 0.3) is 0 Å². The average molecular weight is 310 g/mol. The van der Waals surface area contributed by atoms with Gasteiger partial charge in [-0.25, -0.2) is 4.98 Å². The third-order valence-corrected chi connectivity index (χ3v) is 3.97. The zero-order valence-electron chi connectivity index (χ0n) is 9.76. The number of halogens is 3. The summed E-state index contributed by atoms with van der Waals surface area (Å²) >= 11 is 5.63. The quantitative estimate of drug-likeness (QED) is 0.805. The summed E-state index contributed by atoms with van der Waals surface area (Å²) in [5.41, 5.74) is 0.555. The van der Waals surface area contributed by atoms with Crippen molar-refractivity contribution in [1.82, 2.24) is 4.98 Å². The number of rotatable bonds is 3. The molecular weight excluding hydrogens is 295 g/mol. The Morgan fingerprint density at radius 1 is 1.28 bits per heavy atom. The largest absolute Gasteiger partial charge is 0.356 e. The van der Waals surface area contributed by atoms with E-state index < -0.39 is 5.41 Å². The molecule has 1 aromatic rings. The predicted molar refractivity (Wildman–Crippen MR) is 77.3 cm³/mol. The van der Waals surface area contributed by atoms with Gasteiger partial charge in [0, 0.05) is 19.3 Å². The van der Waals surface area contributed by atoms with Crippen LogP contribution in [0.4, 0.5) is 5.82 Å². The van der Waals surface area contributed by atoms with Gasteiger partial charge in [-0.1, -0.05) is 6.07 Å². The van der Waals surface area contributed by atoms with Gasteiger partial charge in [-0.15, -0.1) is 24.8 Å². The molecule has 0 aromatic carbocycles. The van der Waals surface area contributed by atoms with Gasteiger partial charge < -0.3 is 4.90 Å². The van der Waals surface area contributed by atoms with Crippen molar-refractivity contribution in [2.45, 2.75) is 24.7 Å². The molecule has 1 saturated carbocycles. The van der Waals surface area contributed by atoms with E-state index in [1.807, 2.05) is 12.1 Å². The molecule has 100 valence electrons. The number of pyridine rings is 1. The smallest absolute Gasteiger partial charge is 0.232 e. The molecule has 2 heterocycles. The summed E-state index contributed by atoms with van der Waals surface area (Å²) < 4.78 is 0. The van der Waals surface area contributed by atoms with Crippen molar-refractivity contribution in [3.63, 3.8) is 0 Å². The second-order valence-electron chi connectivity index (χ2n) is 4.60. The van der Waals surface area contributed by atoms with Crippen LogP contribution in [0.5, 0.6) is 0 Å². The maximum absolute atomic E-state index is 11.3. The minimum Gasteiger partial charge on any atom is -0.356 e. The lowest BCUT2D eigenvalue weighted by molar-refractivity contribution is -0.113. The van der Waals surface area contributed by atoms with Crippen LogP contribution in [0, 0.1) is 0 Å². The fourth-order valence-electron chi connectivity index (χ4n) is 2.13. The second-order valence-corrected chi connectivity index (χ2v) is 4.94. The van der Waals surface area contributed by atoms with Gasteiger partial charge in [-0.3, -0.25) is 4.79 Å². The van der Waals surface area contributed by atoms with Gasteiger partial charge in [0.2, 0.25) is 5.24 Å². The number of hydrogen-bond donors (Lipinski definition) is 0. The van der Waals surface area contributed by atoms with E-state index >= 15 is 0 Å². The summed E-state index contributed by atoms with van der Waals surface area (Å²) in [7, 11) is 0. The summed E-state index contributed by atoms with van der Waals surface area (Å²) in [5.74, 6) is 1.01. The molecule has 0 radical (unpaired) electrons. The van der Waals surface area contributed by atoms with Crippen molar-refractivity contribution in [2.24, 2.45) is 0 Å². The van der Waals surface area contributed by atoms with Crippen LogP contribution >= 0.6 is 36.4 Å². The first kappa shape index (κ1) is 15.5. The molecule has 2 aliphatic rings. The molecule has 0 amide bonds. The first-order valence-electron chi connectivity index (χ1n) is 5.64. The van der Waals surface area contributed by atoms with E-state index in [2.05, 4.69) is 9.88 Å². The lowest BCUT2D eigenvalue weighted by Gasteiger charge is -2.32. The van der Waals surface area contributed by atoms with Crippen LogP contribution in [0.25, 0.3) is 0 Å². The lowest BCUT2D eigenvalue weighted by atomic mass is 9.99. The van der Waals surface area contributed by atoms with E-state index in [4.69, 9.17) is 11.6 Å². The van der Waals surface area contributed by atoms with Crippen molar-refractivity contribution in [3.8, 4) is 0 Å². The topological polar surface area (TPSA) is 33.2 Å². The van der Waals surface area contributed by atoms with Gasteiger partial charge in [0.1, 0.15) is 5.82 Å². The Morgan fingerprint density at radius 3 is 2.28 bits per heavy atom. The molecule has 0 N–H and O–H groups in total. The number of hydrogen-bond acceptors (Lipinski definition) is 3. The first-order valence-corrected chi connectivity index (χ1v) is 6.02. The molecule has 3 rings (SSSR count). The van der Waals surface area contributed by atoms with Crippen LogP contribution < -0.4 is 4.90 Å². The fraction of sp³-hybridized carbons (Fsp3) is 0.500. The highest BCUT2D eigenvalue weighted by Gasteiger charge is 2.50. The fourth-order valence-corrected chi connectivity index (χ4v) is 2.42. The van der Waals surface area contributed by atoms with E-state index in [0.29, 0.717) is 0 Å². The summed E-state index contributed by atoms with van der Waals surface area (Å²) in [6.07, 6.45) is 4.77. The third-order valence-electron chi connectivity index (χ3n) is 3.61. The molecule has 1 aromatic heterocycles. The van der Waals surface area contributed by atoms with Crippen molar-refractivity contribution in [2.75, 3.05) is 18.0 Å². The predicted octanol–water partition coefficient (Wildman–Crippen LogP) is 2.93. The maximum Gasteiger partial charge on any atom is 0.232 e. The Balaban J connectivity index is 0.000000810. The third kappa shape index (κ3) is 2.44. The second kappa shape index (κ2) is 5.64. The van der Waals surface area contributed by atoms with Gasteiger partial charge >= 0.3 is 0 Å². The van der Waals surface area contributed by atoms with Gasteiger partial charge in [-0.05, 0) is 42.5 Å². The molecule has 0 atom stereocenters. The highest BCUT2D eigenvalue weighted by molar-refractivity contribution is 6.66. The van der Waals surface area contributed by atoms with E-state index in [-0.39, 0.29) is 30.1 Å². The number of anilines is 1. The van der Waals surface area contributed by atoms with Crippen molar-refractivity contribution < 1.29 is 4.79 Å². The minimum atomic E-state index is -0.415. The molecule has 18 heavy (non-hydrogen) atoms. The summed E-state index contributed by atoms with van der Waals surface area (Å²) in [6.45, 7) is 2.18. The molecule has 1 aliphatic heterocycles. The number of carbonyl (C=O) groups excluding carboxylic acids is 1. The van der Waals surface area contributed by atoms with E-state index in [1.165, 1.54) is 6.42 Å². The Bertz CT molecular complexity index is 427. The van der Waals surface area contributed by atoms with Gasteiger partial charge in [0.15, 0.2) is 0 Å². The molecule has 3 nitrogen and oxygen atoms in total. The lowest BCUT2D eigenvalue weighted by Crippen LogP contribution is -2.37. The minimum absolute atomic E-state index is 0. The van der Waals surface area contributed by atoms with E-state index in [1.54, 1.807) is 6.20 Å². The van der Waals surface area contributed by atoms with Crippen LogP contribution in [0.15, 0.2) is 18.3 Å². The highest BCUT2D eigenvalue weighted by atomic mass is 35.5. The Kier molecular flexibility index (Phi) is 4.87. The molecule has 1 aliphatic carbocycles. The molecule has 0 unspecified atom stereocenters. The maximum atomic E-state index is 11.3. The molecule has 0 bridgehead atoms. The standard InChI is InChI=1S/C12H13ClN2O.2ClH/c13-11(16)12(4-5-12)9-2-3-10(14-8-9)15-6-1-7-15;;/h2-3,8H,1,4-7H2;2*1H. The monoisotopic (exact) mass is 308 g/mol. The van der Waals surface area contributed by atoms with Crippen LogP contribution in [-0.2, 0) is 10.2 Å². The molecule has 6 heteroatoms. The van der Waals surface area contributed by atoms with E-state index in [9.17, 15) is 4.79 Å². The van der Waals surface area contributed by atoms with Gasteiger partial charge in [0.05, 0.1) is 5.41 Å². The normalized spacial score (nSPS) is 19.1. The Morgan fingerprint density at radius 2 is 1.94 bits per heavy atom. The SMILES string of the molecule is Cl.Cl.O=C(Cl)C1(c2ccc(N3CCC3)nc2)CC1. The van der Waals surface area contributed by atoms with Crippen LogP contribution in [-0.4, -0.2) is 23.3 Å². The number of nitrogens with zero attached hydrogens (tertiary/aromatic N) is 2. The van der Waals surface area contributed by atoms with E-state index in [0.717, 1.165) is 37.3 Å². The average Bonchev–Trinajstić information content (AvgIpc) is 2.97. The van der Waals surface area contributed by atoms with Crippen molar-refractivity contribution >= 4 is 47.5 Å². The van der Waals surface area contributed by atoms with Crippen molar-refractivity contribution in [3.05, 3.63) is 23.9 Å². The molecule has 0 spiro atoms. The summed E-state index contributed by atoms with van der Waals surface area (Å²) in [6, 6.07) is 3.99. The zero-order chi connectivity index (χ0) is 11.2. The summed E-state index contributed by atoms with van der Waals surface area (Å²) in [5, 5.41) is -0.244. The highest BCUT2D eigenvalue weighted by Crippen LogP contribution is 2.49.